The van der Waals surface area contributed by atoms with Gasteiger partial charge in [0.05, 0.1) is 10.5 Å². The molecule has 0 aliphatic rings. The molecule has 1 heterocycles. The third kappa shape index (κ3) is 3.62. The normalized spacial score (nSPS) is 12.9. The van der Waals surface area contributed by atoms with Gasteiger partial charge >= 0.3 is 0 Å². The van der Waals surface area contributed by atoms with Gasteiger partial charge in [0, 0.05) is 6.07 Å². The maximum absolute atomic E-state index is 14.0. The van der Waals surface area contributed by atoms with Crippen LogP contribution in [0.3, 0.4) is 0 Å². The third-order valence-corrected chi connectivity index (χ3v) is 3.54. The van der Waals surface area contributed by atoms with Gasteiger partial charge in [0.25, 0.3) is 0 Å². The van der Waals surface area contributed by atoms with Crippen molar-refractivity contribution in [3.8, 4) is 5.69 Å². The number of halogens is 3. The number of nitrogens with zero attached hydrogens (tertiary/aromatic N) is 4. The molecular formula is C13H16BrF2N5. The number of rotatable bonds is 5. The first-order valence-corrected chi connectivity index (χ1v) is 7.36. The Morgan fingerprint density at radius 3 is 2.62 bits per heavy atom. The van der Waals surface area contributed by atoms with Gasteiger partial charge in [0.15, 0.2) is 5.82 Å². The predicted molar refractivity (Wildman–Crippen MR) is 78.0 cm³/mol. The van der Waals surface area contributed by atoms with Crippen LogP contribution in [0, 0.1) is 17.6 Å². The van der Waals surface area contributed by atoms with Gasteiger partial charge in [-0.25, -0.2) is 8.78 Å². The molecule has 0 saturated heterocycles. The second kappa shape index (κ2) is 6.57. The van der Waals surface area contributed by atoms with E-state index in [0.29, 0.717) is 11.7 Å². The number of benzene rings is 1. The lowest BCUT2D eigenvalue weighted by Crippen LogP contribution is -2.26. The van der Waals surface area contributed by atoms with Crippen molar-refractivity contribution in [3.05, 3.63) is 34.1 Å². The van der Waals surface area contributed by atoms with E-state index in [0.717, 1.165) is 18.7 Å². The molecule has 2 aromatic rings. The smallest absolute Gasteiger partial charge is 0.173 e. The van der Waals surface area contributed by atoms with E-state index in [2.05, 4.69) is 50.6 Å². The number of aromatic nitrogens is 4. The first-order valence-electron chi connectivity index (χ1n) is 6.56. The second-order valence-corrected chi connectivity index (χ2v) is 6.04. The topological polar surface area (TPSA) is 55.6 Å². The summed E-state index contributed by atoms with van der Waals surface area (Å²) >= 11 is 2.94. The summed E-state index contributed by atoms with van der Waals surface area (Å²) in [5.74, 6) is -0.293. The highest BCUT2D eigenvalue weighted by Gasteiger charge is 2.19. The highest BCUT2D eigenvalue weighted by molar-refractivity contribution is 9.10. The van der Waals surface area contributed by atoms with Crippen molar-refractivity contribution < 1.29 is 8.78 Å². The molecule has 0 spiro atoms. The van der Waals surface area contributed by atoms with Crippen LogP contribution < -0.4 is 5.32 Å². The molecule has 21 heavy (non-hydrogen) atoms. The number of hydrogen-bond donors (Lipinski definition) is 1. The average Bonchev–Trinajstić information content (AvgIpc) is 2.89. The van der Waals surface area contributed by atoms with Gasteiger partial charge in [-0.2, -0.15) is 4.68 Å². The van der Waals surface area contributed by atoms with Crippen LogP contribution in [0.1, 0.15) is 32.6 Å². The molecule has 114 valence electrons. The van der Waals surface area contributed by atoms with Crippen LogP contribution in [-0.2, 0) is 0 Å². The van der Waals surface area contributed by atoms with E-state index in [1.807, 2.05) is 6.92 Å². The summed E-state index contributed by atoms with van der Waals surface area (Å²) in [5, 5.41) is 14.5. The highest BCUT2D eigenvalue weighted by Crippen LogP contribution is 2.23. The molecule has 0 aliphatic carbocycles. The Balaban J connectivity index is 2.34. The van der Waals surface area contributed by atoms with E-state index in [4.69, 9.17) is 0 Å². The van der Waals surface area contributed by atoms with E-state index in [-0.39, 0.29) is 16.2 Å². The fourth-order valence-corrected chi connectivity index (χ4v) is 2.13. The van der Waals surface area contributed by atoms with Crippen molar-refractivity contribution in [1.29, 1.82) is 0 Å². The van der Waals surface area contributed by atoms with Gasteiger partial charge in [-0.15, -0.1) is 5.10 Å². The Morgan fingerprint density at radius 2 is 1.95 bits per heavy atom. The minimum absolute atomic E-state index is 0.0195. The lowest BCUT2D eigenvalue weighted by molar-refractivity contribution is 0.472. The monoisotopic (exact) mass is 359 g/mol. The second-order valence-electron chi connectivity index (χ2n) is 5.19. The van der Waals surface area contributed by atoms with Gasteiger partial charge in [0.2, 0.25) is 0 Å². The van der Waals surface area contributed by atoms with Crippen molar-refractivity contribution in [3.63, 3.8) is 0 Å². The van der Waals surface area contributed by atoms with Crippen LogP contribution in [0.15, 0.2) is 16.6 Å². The van der Waals surface area contributed by atoms with Crippen LogP contribution in [0.5, 0.6) is 0 Å². The molecule has 0 saturated carbocycles. The van der Waals surface area contributed by atoms with Crippen LogP contribution in [0.25, 0.3) is 5.69 Å². The Labute approximate surface area is 129 Å². The lowest BCUT2D eigenvalue weighted by atomic mass is 10.2. The summed E-state index contributed by atoms with van der Waals surface area (Å²) in [6, 6.07) is 1.94. The van der Waals surface area contributed by atoms with Gasteiger partial charge in [-0.05, 0) is 51.8 Å². The third-order valence-electron chi connectivity index (χ3n) is 2.93. The van der Waals surface area contributed by atoms with Crippen LogP contribution >= 0.6 is 15.9 Å². The zero-order valence-corrected chi connectivity index (χ0v) is 13.5. The fourth-order valence-electron chi connectivity index (χ4n) is 1.81. The van der Waals surface area contributed by atoms with E-state index >= 15 is 0 Å². The van der Waals surface area contributed by atoms with Crippen molar-refractivity contribution in [2.75, 3.05) is 6.54 Å². The largest absolute Gasteiger partial charge is 0.307 e. The van der Waals surface area contributed by atoms with Gasteiger partial charge < -0.3 is 5.32 Å². The van der Waals surface area contributed by atoms with Gasteiger partial charge in [-0.3, -0.25) is 0 Å². The summed E-state index contributed by atoms with van der Waals surface area (Å²) in [5.41, 5.74) is -0.0195. The minimum Gasteiger partial charge on any atom is -0.307 e. The van der Waals surface area contributed by atoms with Crippen molar-refractivity contribution in [2.45, 2.75) is 26.8 Å². The lowest BCUT2D eigenvalue weighted by Gasteiger charge is -2.15. The fraction of sp³-hybridized carbons (Fsp3) is 0.462. The molecule has 1 aromatic carbocycles. The van der Waals surface area contributed by atoms with Crippen molar-refractivity contribution >= 4 is 15.9 Å². The van der Waals surface area contributed by atoms with Gasteiger partial charge in [-0.1, -0.05) is 13.8 Å². The summed E-state index contributed by atoms with van der Waals surface area (Å²) < 4.78 is 28.9. The number of tetrazole rings is 1. The molecular weight excluding hydrogens is 344 g/mol. The number of hydrogen-bond acceptors (Lipinski definition) is 4. The van der Waals surface area contributed by atoms with E-state index < -0.39 is 11.6 Å². The molecule has 0 amide bonds. The van der Waals surface area contributed by atoms with E-state index in [9.17, 15) is 8.78 Å². The van der Waals surface area contributed by atoms with Crippen LogP contribution in [0.4, 0.5) is 8.78 Å². The predicted octanol–water partition coefficient (Wildman–Crippen LogP) is 3.01. The minimum atomic E-state index is -0.604. The van der Waals surface area contributed by atoms with E-state index in [1.165, 1.54) is 4.68 Å². The molecule has 5 nitrogen and oxygen atoms in total. The molecule has 1 atom stereocenters. The standard InChI is InChI=1S/C13H16BrF2N5/c1-7(2)6-17-8(3)13-18-19-20-21(13)12-5-10(15)9(14)4-11(12)16/h4-5,7-8,17H,6H2,1-3H3. The highest BCUT2D eigenvalue weighted by atomic mass is 79.9. The summed E-state index contributed by atoms with van der Waals surface area (Å²) in [6.45, 7) is 6.79. The molecule has 0 aliphatic heterocycles. The summed E-state index contributed by atoms with van der Waals surface area (Å²) in [7, 11) is 0. The zero-order chi connectivity index (χ0) is 15.6. The number of nitrogens with one attached hydrogen (secondary N) is 1. The Morgan fingerprint density at radius 1 is 1.24 bits per heavy atom. The molecule has 8 heteroatoms. The molecule has 1 aromatic heterocycles. The quantitative estimate of drug-likeness (QED) is 0.833. The van der Waals surface area contributed by atoms with Crippen molar-refractivity contribution in [2.24, 2.45) is 5.92 Å². The van der Waals surface area contributed by atoms with Gasteiger partial charge in [0.1, 0.15) is 17.3 Å². The maximum atomic E-state index is 14.0. The average molecular weight is 360 g/mol. The van der Waals surface area contributed by atoms with Crippen molar-refractivity contribution in [1.82, 2.24) is 25.5 Å². The molecule has 0 bridgehead atoms. The maximum Gasteiger partial charge on any atom is 0.173 e. The van der Waals surface area contributed by atoms with Crippen LogP contribution in [0.2, 0.25) is 0 Å². The first-order chi connectivity index (χ1) is 9.90. The molecule has 1 N–H and O–H groups in total. The molecule has 0 radical (unpaired) electrons. The first kappa shape index (κ1) is 16.0. The SMILES string of the molecule is CC(C)CNC(C)c1nnnn1-c1cc(F)c(Br)cc1F. The van der Waals surface area contributed by atoms with E-state index in [1.54, 1.807) is 0 Å². The molecule has 2 rings (SSSR count). The molecule has 0 fully saturated rings. The Bertz CT molecular complexity index is 629. The zero-order valence-electron chi connectivity index (χ0n) is 11.9. The Hall–Kier alpha value is -1.41. The summed E-state index contributed by atoms with van der Waals surface area (Å²) in [6.07, 6.45) is 0. The molecule has 1 unspecified atom stereocenters. The summed E-state index contributed by atoms with van der Waals surface area (Å²) in [4.78, 5) is 0. The Kier molecular flexibility index (Phi) is 5.00. The van der Waals surface area contributed by atoms with Crippen LogP contribution in [-0.4, -0.2) is 26.8 Å².